The molecule has 1 heterocycles. The molecule has 0 saturated heterocycles. The molecule has 0 radical (unpaired) electrons. The van der Waals surface area contributed by atoms with Gasteiger partial charge in [0, 0.05) is 16.1 Å². The van der Waals surface area contributed by atoms with Crippen LogP contribution in [0.15, 0.2) is 69.7 Å². The van der Waals surface area contributed by atoms with Gasteiger partial charge in [0.15, 0.2) is 11.6 Å². The summed E-state index contributed by atoms with van der Waals surface area (Å²) in [5.41, 5.74) is 1.57. The number of benzene rings is 2. The van der Waals surface area contributed by atoms with Gasteiger partial charge in [0.1, 0.15) is 0 Å². The van der Waals surface area contributed by atoms with E-state index in [1.807, 2.05) is 48.5 Å². The SMILES string of the molecule is O=C(Nc1cc(-c2ccccc2)on1)Nc1ccccc1Br. The molecule has 0 unspecified atom stereocenters. The second kappa shape index (κ2) is 6.44. The van der Waals surface area contributed by atoms with E-state index in [0.717, 1.165) is 10.0 Å². The maximum atomic E-state index is 12.0. The third-order valence-corrected chi connectivity index (χ3v) is 3.62. The normalized spacial score (nSPS) is 10.2. The zero-order chi connectivity index (χ0) is 15.4. The third-order valence-electron chi connectivity index (χ3n) is 2.93. The van der Waals surface area contributed by atoms with E-state index < -0.39 is 0 Å². The van der Waals surface area contributed by atoms with Crippen molar-refractivity contribution < 1.29 is 9.32 Å². The first-order valence-electron chi connectivity index (χ1n) is 6.57. The minimum absolute atomic E-state index is 0.350. The van der Waals surface area contributed by atoms with Crippen LogP contribution in [0.4, 0.5) is 16.3 Å². The highest BCUT2D eigenvalue weighted by molar-refractivity contribution is 9.10. The van der Waals surface area contributed by atoms with E-state index in [0.29, 0.717) is 17.3 Å². The number of rotatable bonds is 3. The van der Waals surface area contributed by atoms with Crippen molar-refractivity contribution in [2.24, 2.45) is 0 Å². The van der Waals surface area contributed by atoms with Crippen molar-refractivity contribution in [1.82, 2.24) is 5.16 Å². The summed E-state index contributed by atoms with van der Waals surface area (Å²) in [5, 5.41) is 9.20. The molecule has 6 heteroatoms. The predicted octanol–water partition coefficient (Wildman–Crippen LogP) is 4.75. The van der Waals surface area contributed by atoms with Crippen molar-refractivity contribution in [3.05, 3.63) is 65.1 Å². The van der Waals surface area contributed by atoms with Gasteiger partial charge >= 0.3 is 6.03 Å². The molecule has 22 heavy (non-hydrogen) atoms. The minimum atomic E-state index is -0.389. The zero-order valence-electron chi connectivity index (χ0n) is 11.4. The molecule has 0 aliphatic heterocycles. The van der Waals surface area contributed by atoms with Crippen LogP contribution in [0.25, 0.3) is 11.3 Å². The molecule has 5 nitrogen and oxygen atoms in total. The lowest BCUT2D eigenvalue weighted by atomic mass is 10.2. The van der Waals surface area contributed by atoms with Gasteiger partial charge in [0.2, 0.25) is 0 Å². The number of nitrogens with zero attached hydrogens (tertiary/aromatic N) is 1. The van der Waals surface area contributed by atoms with E-state index in [4.69, 9.17) is 4.52 Å². The number of halogens is 1. The van der Waals surface area contributed by atoms with Crippen molar-refractivity contribution in [2.45, 2.75) is 0 Å². The van der Waals surface area contributed by atoms with E-state index in [9.17, 15) is 4.79 Å². The molecule has 0 spiro atoms. The Hall–Kier alpha value is -2.60. The summed E-state index contributed by atoms with van der Waals surface area (Å²) in [5.74, 6) is 0.945. The van der Waals surface area contributed by atoms with E-state index >= 15 is 0 Å². The monoisotopic (exact) mass is 357 g/mol. The quantitative estimate of drug-likeness (QED) is 0.710. The van der Waals surface area contributed by atoms with Gasteiger partial charge in [-0.15, -0.1) is 0 Å². The summed E-state index contributed by atoms with van der Waals surface area (Å²) in [6.45, 7) is 0. The second-order valence-electron chi connectivity index (χ2n) is 4.50. The first-order chi connectivity index (χ1) is 10.7. The fourth-order valence-corrected chi connectivity index (χ4v) is 2.29. The average Bonchev–Trinajstić information content (AvgIpc) is 2.99. The number of hydrogen-bond acceptors (Lipinski definition) is 3. The van der Waals surface area contributed by atoms with Crippen LogP contribution in [0, 0.1) is 0 Å². The maximum Gasteiger partial charge on any atom is 0.324 e. The van der Waals surface area contributed by atoms with Crippen LogP contribution in [-0.2, 0) is 0 Å². The van der Waals surface area contributed by atoms with Gasteiger partial charge < -0.3 is 9.84 Å². The number of hydrogen-bond donors (Lipinski definition) is 2. The van der Waals surface area contributed by atoms with Gasteiger partial charge in [-0.1, -0.05) is 47.6 Å². The number of carbonyl (C=O) groups is 1. The molecule has 0 bridgehead atoms. The van der Waals surface area contributed by atoms with Crippen molar-refractivity contribution in [3.63, 3.8) is 0 Å². The number of amides is 2. The Bertz CT molecular complexity index is 787. The van der Waals surface area contributed by atoms with Crippen LogP contribution < -0.4 is 10.6 Å². The lowest BCUT2D eigenvalue weighted by Crippen LogP contribution is -2.19. The molecule has 2 aromatic carbocycles. The molecule has 2 N–H and O–H groups in total. The van der Waals surface area contributed by atoms with Crippen molar-refractivity contribution in [2.75, 3.05) is 10.6 Å². The summed E-state index contributed by atoms with van der Waals surface area (Å²) in [7, 11) is 0. The number of nitrogens with one attached hydrogen (secondary N) is 2. The maximum absolute atomic E-state index is 12.0. The smallest absolute Gasteiger partial charge is 0.324 e. The van der Waals surface area contributed by atoms with E-state index in [2.05, 4.69) is 31.7 Å². The molecule has 2 amide bonds. The van der Waals surface area contributed by atoms with Crippen LogP contribution >= 0.6 is 15.9 Å². The summed E-state index contributed by atoms with van der Waals surface area (Å²) in [6.07, 6.45) is 0. The highest BCUT2D eigenvalue weighted by Crippen LogP contribution is 2.23. The summed E-state index contributed by atoms with van der Waals surface area (Å²) < 4.78 is 6.02. The molecule has 0 fully saturated rings. The predicted molar refractivity (Wildman–Crippen MR) is 88.7 cm³/mol. The van der Waals surface area contributed by atoms with Gasteiger partial charge in [0.25, 0.3) is 0 Å². The Balaban J connectivity index is 1.68. The van der Waals surface area contributed by atoms with Gasteiger partial charge in [-0.2, -0.15) is 0 Å². The molecule has 0 saturated carbocycles. The molecular formula is C16H12BrN3O2. The topological polar surface area (TPSA) is 67.2 Å². The van der Waals surface area contributed by atoms with Crippen LogP contribution in [0.1, 0.15) is 0 Å². The standard InChI is InChI=1S/C16H12BrN3O2/c17-12-8-4-5-9-13(12)18-16(21)19-15-10-14(22-20-15)11-6-2-1-3-7-11/h1-10H,(H2,18,19,20,21). The summed E-state index contributed by atoms with van der Waals surface area (Å²) >= 11 is 3.37. The molecule has 3 aromatic rings. The Kier molecular flexibility index (Phi) is 4.20. The van der Waals surface area contributed by atoms with Crippen molar-refractivity contribution >= 4 is 33.5 Å². The van der Waals surface area contributed by atoms with Crippen LogP contribution in [-0.4, -0.2) is 11.2 Å². The van der Waals surface area contributed by atoms with Crippen molar-refractivity contribution in [3.8, 4) is 11.3 Å². The third kappa shape index (κ3) is 3.35. The Morgan fingerprint density at radius 2 is 1.73 bits per heavy atom. The summed E-state index contributed by atoms with van der Waals surface area (Å²) in [6, 6.07) is 18.2. The van der Waals surface area contributed by atoms with Crippen LogP contribution in [0.5, 0.6) is 0 Å². The lowest BCUT2D eigenvalue weighted by Gasteiger charge is -2.06. The fourth-order valence-electron chi connectivity index (χ4n) is 1.91. The molecule has 1 aromatic heterocycles. The minimum Gasteiger partial charge on any atom is -0.354 e. The highest BCUT2D eigenvalue weighted by atomic mass is 79.9. The molecule has 3 rings (SSSR count). The summed E-state index contributed by atoms with van der Waals surface area (Å²) in [4.78, 5) is 12.0. The number of anilines is 2. The van der Waals surface area contributed by atoms with E-state index in [1.54, 1.807) is 12.1 Å². The van der Waals surface area contributed by atoms with E-state index in [1.165, 1.54) is 0 Å². The largest absolute Gasteiger partial charge is 0.354 e. The van der Waals surface area contributed by atoms with Crippen LogP contribution in [0.3, 0.4) is 0 Å². The van der Waals surface area contributed by atoms with Gasteiger partial charge in [0.05, 0.1) is 5.69 Å². The zero-order valence-corrected chi connectivity index (χ0v) is 13.0. The Labute approximate surface area is 135 Å². The fraction of sp³-hybridized carbons (Fsp3) is 0. The molecular weight excluding hydrogens is 346 g/mol. The molecule has 0 aliphatic carbocycles. The number of carbonyl (C=O) groups excluding carboxylic acids is 1. The van der Waals surface area contributed by atoms with Crippen LogP contribution in [0.2, 0.25) is 0 Å². The average molecular weight is 358 g/mol. The van der Waals surface area contributed by atoms with Gasteiger partial charge in [-0.05, 0) is 28.1 Å². The number of urea groups is 1. The number of aromatic nitrogens is 1. The van der Waals surface area contributed by atoms with Crippen molar-refractivity contribution in [1.29, 1.82) is 0 Å². The van der Waals surface area contributed by atoms with E-state index in [-0.39, 0.29) is 6.03 Å². The van der Waals surface area contributed by atoms with Gasteiger partial charge in [-0.3, -0.25) is 5.32 Å². The van der Waals surface area contributed by atoms with Gasteiger partial charge in [-0.25, -0.2) is 4.79 Å². The molecule has 0 aliphatic rings. The number of para-hydroxylation sites is 1. The molecule has 0 atom stereocenters. The first kappa shape index (κ1) is 14.3. The Morgan fingerprint density at radius 3 is 2.50 bits per heavy atom. The highest BCUT2D eigenvalue weighted by Gasteiger charge is 2.10. The molecule has 110 valence electrons. The Morgan fingerprint density at radius 1 is 1.00 bits per heavy atom. The second-order valence-corrected chi connectivity index (χ2v) is 5.36. The first-order valence-corrected chi connectivity index (χ1v) is 7.36. The lowest BCUT2D eigenvalue weighted by molar-refractivity contribution is 0.262.